The summed E-state index contributed by atoms with van der Waals surface area (Å²) < 4.78 is 27.7. The fourth-order valence-corrected chi connectivity index (χ4v) is 5.50. The molecule has 2 amide bonds. The van der Waals surface area contributed by atoms with Gasteiger partial charge in [-0.1, -0.05) is 66.2 Å². The minimum atomic E-state index is -4.15. The van der Waals surface area contributed by atoms with E-state index in [1.54, 1.807) is 48.7 Å². The maximum atomic E-state index is 12.7. The van der Waals surface area contributed by atoms with Gasteiger partial charge in [0, 0.05) is 11.9 Å². The number of pyridine rings is 1. The number of hydrogen-bond acceptors (Lipinski definition) is 5. The summed E-state index contributed by atoms with van der Waals surface area (Å²) >= 11 is 5.99. The maximum Gasteiger partial charge on any atom is 0.322 e. The highest BCUT2D eigenvalue weighted by Gasteiger charge is 2.27. The predicted octanol–water partition coefficient (Wildman–Crippen LogP) is 4.70. The molecule has 0 saturated carbocycles. The Morgan fingerprint density at radius 1 is 0.897 bits per heavy atom. The van der Waals surface area contributed by atoms with Gasteiger partial charge in [-0.25, -0.2) is 13.2 Å². The minimum Gasteiger partial charge on any atom is -0.480 e. The van der Waals surface area contributed by atoms with Crippen LogP contribution in [-0.2, 0) is 27.8 Å². The van der Waals surface area contributed by atoms with Crippen molar-refractivity contribution in [2.45, 2.75) is 23.9 Å². The number of nitrogens with one attached hydrogen (secondary N) is 3. The molecule has 0 fully saturated rings. The van der Waals surface area contributed by atoms with Crippen molar-refractivity contribution >= 4 is 39.3 Å². The third-order valence-electron chi connectivity index (χ3n) is 5.73. The fourth-order valence-electron chi connectivity index (χ4n) is 3.79. The Kier molecular flexibility index (Phi) is 8.92. The molecule has 1 heterocycles. The predicted molar refractivity (Wildman–Crippen MR) is 149 cm³/mol. The Hall–Kier alpha value is -4.25. The number of rotatable bonds is 10. The molecule has 0 aliphatic carbocycles. The van der Waals surface area contributed by atoms with E-state index >= 15 is 0 Å². The van der Waals surface area contributed by atoms with E-state index < -0.39 is 22.0 Å². The minimum absolute atomic E-state index is 0.000830. The lowest BCUT2D eigenvalue weighted by molar-refractivity contribution is -0.138. The number of halogens is 1. The second-order valence-electron chi connectivity index (χ2n) is 8.55. The third kappa shape index (κ3) is 7.64. The van der Waals surface area contributed by atoms with Crippen molar-refractivity contribution in [1.29, 1.82) is 0 Å². The molecule has 200 valence electrons. The molecule has 0 bridgehead atoms. The van der Waals surface area contributed by atoms with Crippen molar-refractivity contribution in [1.82, 2.24) is 15.0 Å². The van der Waals surface area contributed by atoms with Gasteiger partial charge in [0.15, 0.2) is 0 Å². The van der Waals surface area contributed by atoms with Crippen molar-refractivity contribution in [2.24, 2.45) is 0 Å². The van der Waals surface area contributed by atoms with E-state index in [0.29, 0.717) is 17.8 Å². The molecule has 0 saturated heterocycles. The molecule has 0 aliphatic heterocycles. The summed E-state index contributed by atoms with van der Waals surface area (Å²) in [6, 6.07) is 23.9. The zero-order valence-electron chi connectivity index (χ0n) is 20.5. The number of hydrogen-bond donors (Lipinski definition) is 4. The number of amides is 2. The summed E-state index contributed by atoms with van der Waals surface area (Å²) in [5.74, 6) is -1.31. The molecule has 4 aromatic rings. The first-order chi connectivity index (χ1) is 18.7. The largest absolute Gasteiger partial charge is 0.480 e. The van der Waals surface area contributed by atoms with E-state index in [4.69, 9.17) is 11.6 Å². The molecule has 4 rings (SSSR count). The average molecular weight is 565 g/mol. The van der Waals surface area contributed by atoms with E-state index in [-0.39, 0.29) is 22.4 Å². The van der Waals surface area contributed by atoms with Gasteiger partial charge in [-0.05, 0) is 59.5 Å². The van der Waals surface area contributed by atoms with E-state index in [9.17, 15) is 23.1 Å². The van der Waals surface area contributed by atoms with Crippen LogP contribution in [0.5, 0.6) is 0 Å². The monoisotopic (exact) mass is 564 g/mol. The van der Waals surface area contributed by atoms with E-state index in [1.807, 2.05) is 30.3 Å². The van der Waals surface area contributed by atoms with Crippen LogP contribution in [0.2, 0.25) is 5.02 Å². The van der Waals surface area contributed by atoms with Crippen LogP contribution in [0.1, 0.15) is 11.3 Å². The highest BCUT2D eigenvalue weighted by molar-refractivity contribution is 7.89. The topological polar surface area (TPSA) is 137 Å². The summed E-state index contributed by atoms with van der Waals surface area (Å²) in [6.45, 7) is 0.291. The maximum absolute atomic E-state index is 12.7. The molecule has 11 heteroatoms. The number of urea groups is 1. The van der Waals surface area contributed by atoms with Gasteiger partial charge in [0.1, 0.15) is 10.9 Å². The molecule has 9 nitrogen and oxygen atoms in total. The average Bonchev–Trinajstić information content (AvgIpc) is 2.93. The molecular formula is C28H25ClN4O5S. The molecule has 0 unspecified atom stereocenters. The number of anilines is 1. The van der Waals surface area contributed by atoms with Gasteiger partial charge in [-0.15, -0.1) is 0 Å². The van der Waals surface area contributed by atoms with Crippen LogP contribution in [0.15, 0.2) is 102 Å². The summed E-state index contributed by atoms with van der Waals surface area (Å²) in [5.41, 5.74) is 3.62. The smallest absolute Gasteiger partial charge is 0.322 e. The Morgan fingerprint density at radius 2 is 1.64 bits per heavy atom. The molecule has 4 N–H and O–H groups in total. The Morgan fingerprint density at radius 3 is 2.33 bits per heavy atom. The Labute approximate surface area is 230 Å². The number of carboxylic acids is 1. The SMILES string of the molecule is O=C(NCc1ccccn1)Nc1cccc(-c2ccc(C[C@@H](NS(=O)(=O)c3ccccc3Cl)C(=O)O)cc2)c1. The molecule has 3 aromatic carbocycles. The van der Waals surface area contributed by atoms with Gasteiger partial charge in [-0.3, -0.25) is 9.78 Å². The van der Waals surface area contributed by atoms with Gasteiger partial charge < -0.3 is 15.7 Å². The second kappa shape index (κ2) is 12.5. The molecule has 0 radical (unpaired) electrons. The molecule has 1 atom stereocenters. The number of aliphatic carboxylic acids is 1. The molecular weight excluding hydrogens is 540 g/mol. The van der Waals surface area contributed by atoms with Crippen molar-refractivity contribution in [3.63, 3.8) is 0 Å². The number of carbonyl (C=O) groups excluding carboxylic acids is 1. The van der Waals surface area contributed by atoms with Crippen molar-refractivity contribution in [3.05, 3.63) is 113 Å². The highest BCUT2D eigenvalue weighted by Crippen LogP contribution is 2.24. The lowest BCUT2D eigenvalue weighted by Gasteiger charge is -2.16. The standard InChI is InChI=1S/C28H25ClN4O5S/c29-24-9-1-2-10-26(24)39(37,38)33-25(27(34)35)16-19-11-13-20(14-12-19)21-6-5-8-22(17-21)32-28(36)31-18-23-7-3-4-15-30-23/h1-15,17,25,33H,16,18H2,(H,34,35)(H2,31,32,36)/t25-/m1/s1. The summed E-state index contributed by atoms with van der Waals surface area (Å²) in [7, 11) is -4.15. The normalized spacial score (nSPS) is 11.9. The van der Waals surface area contributed by atoms with Crippen LogP contribution in [0.4, 0.5) is 10.5 Å². The van der Waals surface area contributed by atoms with Crippen LogP contribution < -0.4 is 15.4 Å². The number of sulfonamides is 1. The Bertz CT molecular complexity index is 1560. The first-order valence-electron chi connectivity index (χ1n) is 11.8. The molecule has 0 aliphatic rings. The van der Waals surface area contributed by atoms with Crippen molar-refractivity contribution < 1.29 is 23.1 Å². The number of nitrogens with zero attached hydrogens (tertiary/aromatic N) is 1. The van der Waals surface area contributed by atoms with Crippen LogP contribution in [0.25, 0.3) is 11.1 Å². The second-order valence-corrected chi connectivity index (χ2v) is 10.6. The van der Waals surface area contributed by atoms with Gasteiger partial charge in [-0.2, -0.15) is 4.72 Å². The van der Waals surface area contributed by atoms with Gasteiger partial charge in [0.2, 0.25) is 10.0 Å². The number of benzene rings is 3. The summed E-state index contributed by atoms with van der Waals surface area (Å²) in [4.78, 5) is 28.1. The van der Waals surface area contributed by atoms with Crippen molar-refractivity contribution in [3.8, 4) is 11.1 Å². The number of aromatic nitrogens is 1. The fraction of sp³-hybridized carbons (Fsp3) is 0.107. The van der Waals surface area contributed by atoms with E-state index in [2.05, 4.69) is 20.3 Å². The van der Waals surface area contributed by atoms with Crippen LogP contribution >= 0.6 is 11.6 Å². The van der Waals surface area contributed by atoms with Crippen LogP contribution in [0.3, 0.4) is 0 Å². The van der Waals surface area contributed by atoms with E-state index in [0.717, 1.165) is 16.8 Å². The van der Waals surface area contributed by atoms with Crippen LogP contribution in [-0.4, -0.2) is 36.6 Å². The zero-order chi connectivity index (χ0) is 27.8. The highest BCUT2D eigenvalue weighted by atomic mass is 35.5. The molecule has 1 aromatic heterocycles. The first kappa shape index (κ1) is 27.8. The lowest BCUT2D eigenvalue weighted by atomic mass is 10.0. The number of carboxylic acid groups (broad SMARTS) is 1. The summed E-state index contributed by atoms with van der Waals surface area (Å²) in [6.07, 6.45) is 1.59. The van der Waals surface area contributed by atoms with Crippen molar-refractivity contribution in [2.75, 3.05) is 5.32 Å². The van der Waals surface area contributed by atoms with Gasteiger partial charge >= 0.3 is 12.0 Å². The third-order valence-corrected chi connectivity index (χ3v) is 7.70. The molecule has 0 spiro atoms. The van der Waals surface area contributed by atoms with Gasteiger partial charge in [0.05, 0.1) is 17.3 Å². The lowest BCUT2D eigenvalue weighted by Crippen LogP contribution is -2.42. The molecule has 39 heavy (non-hydrogen) atoms. The number of carbonyl (C=O) groups is 2. The quantitative estimate of drug-likeness (QED) is 0.220. The van der Waals surface area contributed by atoms with E-state index in [1.165, 1.54) is 18.2 Å². The Balaban J connectivity index is 1.40. The van der Waals surface area contributed by atoms with Gasteiger partial charge in [0.25, 0.3) is 0 Å². The first-order valence-corrected chi connectivity index (χ1v) is 13.7. The summed E-state index contributed by atoms with van der Waals surface area (Å²) in [5, 5.41) is 15.2. The van der Waals surface area contributed by atoms with Crippen LogP contribution in [0, 0.1) is 0 Å². The zero-order valence-corrected chi connectivity index (χ0v) is 22.1.